The molecule has 0 saturated heterocycles. The average molecular weight is 437 g/mol. The molecule has 31 heavy (non-hydrogen) atoms. The minimum Gasteiger partial charge on any atom is -0.440 e. The lowest BCUT2D eigenvalue weighted by Gasteiger charge is -2.03. The molecular weight excluding hydrogens is 415 g/mol. The average Bonchev–Trinajstić information content (AvgIpc) is 3.19. The van der Waals surface area contributed by atoms with Crippen molar-refractivity contribution in [2.24, 2.45) is 5.14 Å². The molecule has 0 saturated carbocycles. The zero-order valence-corrected chi connectivity index (χ0v) is 17.5. The van der Waals surface area contributed by atoms with Gasteiger partial charge in [0.05, 0.1) is 4.90 Å². The van der Waals surface area contributed by atoms with Crippen LogP contribution in [0.3, 0.4) is 0 Å². The number of rotatable bonds is 7. The fraction of sp³-hybridized carbons (Fsp3) is 0.125. The maximum absolute atomic E-state index is 13.4. The number of benzene rings is 3. The van der Waals surface area contributed by atoms with Crippen LogP contribution in [0.4, 0.5) is 4.39 Å². The predicted molar refractivity (Wildman–Crippen MR) is 117 cm³/mol. The van der Waals surface area contributed by atoms with Gasteiger partial charge < -0.3 is 4.42 Å². The van der Waals surface area contributed by atoms with Crippen LogP contribution in [0, 0.1) is 5.82 Å². The summed E-state index contributed by atoms with van der Waals surface area (Å²) in [5.41, 5.74) is 3.20. The number of nitrogens with two attached hydrogens (primary N) is 1. The van der Waals surface area contributed by atoms with Gasteiger partial charge in [0.25, 0.3) is 0 Å². The number of primary sulfonamides is 1. The van der Waals surface area contributed by atoms with Crippen molar-refractivity contribution < 1.29 is 17.2 Å². The zero-order valence-electron chi connectivity index (χ0n) is 16.7. The van der Waals surface area contributed by atoms with Crippen LogP contribution in [-0.4, -0.2) is 13.4 Å². The van der Waals surface area contributed by atoms with Crippen LogP contribution >= 0.6 is 0 Å². The quantitative estimate of drug-likeness (QED) is 0.443. The SMILES string of the molecule is NS(=O)(=O)c1ccc(-c2oc(CCCc3ccccc3)nc2-c2ccc(F)cc2)cc1. The zero-order chi connectivity index (χ0) is 21.8. The Morgan fingerprint density at radius 2 is 1.48 bits per heavy atom. The van der Waals surface area contributed by atoms with E-state index < -0.39 is 10.0 Å². The summed E-state index contributed by atoms with van der Waals surface area (Å²) < 4.78 is 42.6. The topological polar surface area (TPSA) is 86.2 Å². The van der Waals surface area contributed by atoms with E-state index in [1.54, 1.807) is 24.3 Å². The standard InChI is InChI=1S/C24H21FN2O3S/c25-20-13-9-18(10-14-20)23-24(19-11-15-21(16-12-19)31(26,28)29)30-22(27-23)8-4-7-17-5-2-1-3-6-17/h1-3,5-6,9-16H,4,7-8H2,(H2,26,28,29). The minimum absolute atomic E-state index is 0.0159. The fourth-order valence-electron chi connectivity index (χ4n) is 3.35. The maximum atomic E-state index is 13.4. The Morgan fingerprint density at radius 1 is 0.839 bits per heavy atom. The molecule has 0 aliphatic heterocycles. The lowest BCUT2D eigenvalue weighted by atomic mass is 10.1. The molecule has 4 rings (SSSR count). The van der Waals surface area contributed by atoms with Crippen LogP contribution in [0.1, 0.15) is 17.9 Å². The molecule has 0 radical (unpaired) electrons. The summed E-state index contributed by atoms with van der Waals surface area (Å²) in [7, 11) is -3.79. The van der Waals surface area contributed by atoms with Gasteiger partial charge in [0.1, 0.15) is 11.5 Å². The lowest BCUT2D eigenvalue weighted by Crippen LogP contribution is -2.11. The van der Waals surface area contributed by atoms with E-state index in [2.05, 4.69) is 17.1 Å². The molecule has 1 heterocycles. The van der Waals surface area contributed by atoms with Gasteiger partial charge in [-0.1, -0.05) is 30.3 Å². The molecule has 5 nitrogen and oxygen atoms in total. The molecule has 7 heteroatoms. The highest BCUT2D eigenvalue weighted by molar-refractivity contribution is 7.89. The third-order valence-corrected chi connectivity index (χ3v) is 5.86. The number of hydrogen-bond acceptors (Lipinski definition) is 4. The highest BCUT2D eigenvalue weighted by Crippen LogP contribution is 2.33. The fourth-order valence-corrected chi connectivity index (χ4v) is 3.87. The van der Waals surface area contributed by atoms with Crippen LogP contribution in [0.2, 0.25) is 0 Å². The molecule has 0 aliphatic rings. The van der Waals surface area contributed by atoms with Gasteiger partial charge in [-0.05, 0) is 66.9 Å². The monoisotopic (exact) mass is 436 g/mol. The second kappa shape index (κ2) is 8.83. The van der Waals surface area contributed by atoms with E-state index in [4.69, 9.17) is 9.56 Å². The first kappa shape index (κ1) is 21.0. The van der Waals surface area contributed by atoms with Crippen molar-refractivity contribution in [2.45, 2.75) is 24.2 Å². The van der Waals surface area contributed by atoms with Gasteiger partial charge in [0.2, 0.25) is 10.0 Å². The van der Waals surface area contributed by atoms with Gasteiger partial charge in [-0.15, -0.1) is 0 Å². The Balaban J connectivity index is 1.64. The first-order chi connectivity index (χ1) is 14.9. The highest BCUT2D eigenvalue weighted by Gasteiger charge is 2.18. The van der Waals surface area contributed by atoms with E-state index in [9.17, 15) is 12.8 Å². The van der Waals surface area contributed by atoms with E-state index in [-0.39, 0.29) is 10.7 Å². The maximum Gasteiger partial charge on any atom is 0.238 e. The Bertz CT molecular complexity index is 1270. The molecule has 158 valence electrons. The van der Waals surface area contributed by atoms with Crippen molar-refractivity contribution in [1.29, 1.82) is 0 Å². The molecule has 0 unspecified atom stereocenters. The third kappa shape index (κ3) is 5.07. The number of aromatic nitrogens is 1. The number of sulfonamides is 1. The Hall–Kier alpha value is -3.29. The molecule has 2 N–H and O–H groups in total. The molecule has 3 aromatic carbocycles. The summed E-state index contributed by atoms with van der Waals surface area (Å²) in [6.45, 7) is 0. The minimum atomic E-state index is -3.79. The van der Waals surface area contributed by atoms with Crippen LogP contribution in [0.5, 0.6) is 0 Å². The normalized spacial score (nSPS) is 11.5. The van der Waals surface area contributed by atoms with E-state index in [1.165, 1.54) is 29.8 Å². The van der Waals surface area contributed by atoms with Crippen molar-refractivity contribution >= 4 is 10.0 Å². The van der Waals surface area contributed by atoms with Crippen molar-refractivity contribution in [1.82, 2.24) is 4.98 Å². The van der Waals surface area contributed by atoms with Crippen molar-refractivity contribution in [2.75, 3.05) is 0 Å². The molecule has 1 aromatic heterocycles. The number of oxazole rings is 1. The number of hydrogen-bond donors (Lipinski definition) is 1. The van der Waals surface area contributed by atoms with Gasteiger partial charge in [0, 0.05) is 17.5 Å². The predicted octanol–water partition coefficient (Wildman–Crippen LogP) is 4.97. The summed E-state index contributed by atoms with van der Waals surface area (Å²) in [5, 5.41) is 5.19. The molecule has 4 aromatic rings. The molecule has 0 aliphatic carbocycles. The van der Waals surface area contributed by atoms with E-state index in [1.807, 2.05) is 18.2 Å². The molecule has 0 spiro atoms. The highest BCUT2D eigenvalue weighted by atomic mass is 32.2. The second-order valence-corrected chi connectivity index (χ2v) is 8.76. The molecule has 0 amide bonds. The molecule has 0 fully saturated rings. The first-order valence-electron chi connectivity index (χ1n) is 9.83. The largest absolute Gasteiger partial charge is 0.440 e. The van der Waals surface area contributed by atoms with Crippen molar-refractivity contribution in [3.63, 3.8) is 0 Å². The smallest absolute Gasteiger partial charge is 0.238 e. The van der Waals surface area contributed by atoms with Crippen LogP contribution in [0.25, 0.3) is 22.6 Å². The Kier molecular flexibility index (Phi) is 5.97. The molecule has 0 atom stereocenters. The Labute approximate surface area is 180 Å². The lowest BCUT2D eigenvalue weighted by molar-refractivity contribution is 0.498. The number of aryl methyl sites for hydroxylation is 2. The van der Waals surface area contributed by atoms with Crippen LogP contribution < -0.4 is 5.14 Å². The molecular formula is C24H21FN2O3S. The summed E-state index contributed by atoms with van der Waals surface area (Å²) in [6.07, 6.45) is 2.39. The van der Waals surface area contributed by atoms with Crippen LogP contribution in [-0.2, 0) is 22.9 Å². The number of halogens is 1. The first-order valence-corrected chi connectivity index (χ1v) is 11.4. The van der Waals surface area contributed by atoms with Gasteiger partial charge in [0.15, 0.2) is 11.7 Å². The van der Waals surface area contributed by atoms with Gasteiger partial charge in [-0.25, -0.2) is 22.9 Å². The van der Waals surface area contributed by atoms with E-state index in [0.29, 0.717) is 34.9 Å². The molecule has 0 bridgehead atoms. The van der Waals surface area contributed by atoms with E-state index in [0.717, 1.165) is 12.8 Å². The number of nitrogens with zero attached hydrogens (tertiary/aromatic N) is 1. The summed E-state index contributed by atoms with van der Waals surface area (Å²) >= 11 is 0. The Morgan fingerprint density at radius 3 is 2.13 bits per heavy atom. The summed E-state index contributed by atoms with van der Waals surface area (Å²) in [4.78, 5) is 4.67. The van der Waals surface area contributed by atoms with Crippen molar-refractivity contribution in [3.05, 3.63) is 96.1 Å². The van der Waals surface area contributed by atoms with Crippen molar-refractivity contribution in [3.8, 4) is 22.6 Å². The van der Waals surface area contributed by atoms with Gasteiger partial charge >= 0.3 is 0 Å². The summed E-state index contributed by atoms with van der Waals surface area (Å²) in [6, 6.07) is 22.3. The van der Waals surface area contributed by atoms with Gasteiger partial charge in [-0.3, -0.25) is 0 Å². The van der Waals surface area contributed by atoms with Gasteiger partial charge in [-0.2, -0.15) is 0 Å². The van der Waals surface area contributed by atoms with Crippen LogP contribution in [0.15, 0.2) is 88.2 Å². The second-order valence-electron chi connectivity index (χ2n) is 7.20. The third-order valence-electron chi connectivity index (χ3n) is 4.93. The van der Waals surface area contributed by atoms with E-state index >= 15 is 0 Å². The summed E-state index contributed by atoms with van der Waals surface area (Å²) in [5.74, 6) is 0.734.